The Bertz CT molecular complexity index is 322. The fourth-order valence-corrected chi connectivity index (χ4v) is 1.33. The van der Waals surface area contributed by atoms with Crippen LogP contribution in [0.4, 0.5) is 0 Å². The van der Waals surface area contributed by atoms with E-state index in [0.717, 1.165) is 5.69 Å². The maximum Gasteiger partial charge on any atom is 0.315 e. The molecule has 0 radical (unpaired) electrons. The molecule has 0 aliphatic rings. The molecule has 1 heterocycles. The number of pyridine rings is 1. The van der Waals surface area contributed by atoms with E-state index in [1.54, 1.807) is 19.2 Å². The molecule has 15 heavy (non-hydrogen) atoms. The summed E-state index contributed by atoms with van der Waals surface area (Å²) in [5.41, 5.74) is 0.732. The highest BCUT2D eigenvalue weighted by Gasteiger charge is 2.21. The van der Waals surface area contributed by atoms with Crippen molar-refractivity contribution in [3.63, 3.8) is 0 Å². The van der Waals surface area contributed by atoms with Crippen molar-refractivity contribution < 1.29 is 9.53 Å². The van der Waals surface area contributed by atoms with E-state index in [1.807, 2.05) is 18.2 Å². The van der Waals surface area contributed by atoms with Gasteiger partial charge in [0, 0.05) is 6.20 Å². The van der Waals surface area contributed by atoms with Gasteiger partial charge in [0.05, 0.1) is 12.3 Å². The molecule has 0 saturated carbocycles. The highest BCUT2D eigenvalue weighted by atomic mass is 16.5. The smallest absolute Gasteiger partial charge is 0.315 e. The van der Waals surface area contributed by atoms with Gasteiger partial charge in [0.25, 0.3) is 0 Å². The molecular formula is C12H15NO2. The maximum absolute atomic E-state index is 11.6. The van der Waals surface area contributed by atoms with E-state index in [4.69, 9.17) is 4.74 Å². The van der Waals surface area contributed by atoms with Gasteiger partial charge >= 0.3 is 5.97 Å². The Labute approximate surface area is 89.8 Å². The van der Waals surface area contributed by atoms with Gasteiger partial charge in [-0.3, -0.25) is 9.78 Å². The second-order valence-electron chi connectivity index (χ2n) is 3.08. The first-order valence-corrected chi connectivity index (χ1v) is 4.98. The molecule has 80 valence electrons. The fourth-order valence-electron chi connectivity index (χ4n) is 1.33. The zero-order chi connectivity index (χ0) is 11.1. The van der Waals surface area contributed by atoms with Crippen molar-refractivity contribution in [2.45, 2.75) is 19.3 Å². The van der Waals surface area contributed by atoms with Crippen LogP contribution in [0.5, 0.6) is 0 Å². The van der Waals surface area contributed by atoms with Crippen molar-refractivity contribution in [1.82, 2.24) is 4.98 Å². The van der Waals surface area contributed by atoms with Crippen molar-refractivity contribution in [3.8, 4) is 0 Å². The number of nitrogens with zero attached hydrogens (tertiary/aromatic N) is 1. The second kappa shape index (κ2) is 5.96. The number of hydrogen-bond acceptors (Lipinski definition) is 3. The average molecular weight is 205 g/mol. The van der Waals surface area contributed by atoms with Crippen LogP contribution < -0.4 is 0 Å². The van der Waals surface area contributed by atoms with Crippen molar-refractivity contribution >= 4 is 5.97 Å². The van der Waals surface area contributed by atoms with Crippen molar-refractivity contribution in [2.24, 2.45) is 0 Å². The number of rotatable bonds is 5. The summed E-state index contributed by atoms with van der Waals surface area (Å²) in [6.07, 6.45) is 3.93. The van der Waals surface area contributed by atoms with Gasteiger partial charge in [0.2, 0.25) is 0 Å². The number of ether oxygens (including phenoxy) is 1. The van der Waals surface area contributed by atoms with Gasteiger partial charge in [-0.15, -0.1) is 6.58 Å². The minimum absolute atomic E-state index is 0.240. The summed E-state index contributed by atoms with van der Waals surface area (Å²) in [6, 6.07) is 5.50. The van der Waals surface area contributed by atoms with E-state index in [2.05, 4.69) is 11.6 Å². The number of aromatic nitrogens is 1. The van der Waals surface area contributed by atoms with E-state index < -0.39 is 0 Å². The first-order chi connectivity index (χ1) is 7.29. The number of hydrogen-bond donors (Lipinski definition) is 0. The number of esters is 1. The van der Waals surface area contributed by atoms with Crippen molar-refractivity contribution in [1.29, 1.82) is 0 Å². The Morgan fingerprint density at radius 2 is 2.47 bits per heavy atom. The van der Waals surface area contributed by atoms with Crippen LogP contribution in [0.3, 0.4) is 0 Å². The minimum atomic E-state index is -0.330. The lowest BCUT2D eigenvalue weighted by molar-refractivity contribution is -0.145. The molecule has 3 heteroatoms. The van der Waals surface area contributed by atoms with Crippen LogP contribution in [-0.4, -0.2) is 17.6 Å². The van der Waals surface area contributed by atoms with Crippen molar-refractivity contribution in [2.75, 3.05) is 6.61 Å². The molecule has 0 saturated heterocycles. The zero-order valence-electron chi connectivity index (χ0n) is 8.85. The number of carbonyl (C=O) groups excluding carboxylic acids is 1. The monoisotopic (exact) mass is 205 g/mol. The van der Waals surface area contributed by atoms with E-state index in [1.165, 1.54) is 0 Å². The summed E-state index contributed by atoms with van der Waals surface area (Å²) >= 11 is 0. The Hall–Kier alpha value is -1.64. The first kappa shape index (κ1) is 11.4. The Kier molecular flexibility index (Phi) is 4.54. The van der Waals surface area contributed by atoms with Gasteiger partial charge in [-0.1, -0.05) is 12.1 Å². The average Bonchev–Trinajstić information content (AvgIpc) is 2.27. The molecular weight excluding hydrogens is 190 g/mol. The molecule has 3 nitrogen and oxygen atoms in total. The summed E-state index contributed by atoms with van der Waals surface area (Å²) in [4.78, 5) is 15.8. The molecule has 1 atom stereocenters. The molecule has 0 fully saturated rings. The lowest BCUT2D eigenvalue weighted by Crippen LogP contribution is -2.16. The molecule has 0 spiro atoms. The summed E-state index contributed by atoms with van der Waals surface area (Å²) in [7, 11) is 0. The third kappa shape index (κ3) is 3.20. The van der Waals surface area contributed by atoms with Gasteiger partial charge in [-0.25, -0.2) is 0 Å². The quantitative estimate of drug-likeness (QED) is 0.547. The minimum Gasteiger partial charge on any atom is -0.465 e. The molecule has 1 aromatic heterocycles. The molecule has 0 amide bonds. The van der Waals surface area contributed by atoms with Gasteiger partial charge in [-0.2, -0.15) is 0 Å². The summed E-state index contributed by atoms with van der Waals surface area (Å²) < 4.78 is 4.98. The predicted molar refractivity (Wildman–Crippen MR) is 58.4 cm³/mol. The Morgan fingerprint density at radius 1 is 1.67 bits per heavy atom. The standard InChI is InChI=1S/C12H15NO2/c1-3-7-10(12(14)15-4-2)11-8-5-6-9-13-11/h3,5-6,8-10H,1,4,7H2,2H3. The van der Waals surface area contributed by atoms with E-state index in [0.29, 0.717) is 13.0 Å². The molecule has 0 aromatic carbocycles. The van der Waals surface area contributed by atoms with Crippen LogP contribution in [0.15, 0.2) is 37.1 Å². The van der Waals surface area contributed by atoms with Gasteiger partial charge in [-0.05, 0) is 25.5 Å². The zero-order valence-corrected chi connectivity index (χ0v) is 8.85. The highest BCUT2D eigenvalue weighted by Crippen LogP contribution is 2.19. The Balaban J connectivity index is 2.82. The topological polar surface area (TPSA) is 39.2 Å². The van der Waals surface area contributed by atoms with E-state index in [-0.39, 0.29) is 11.9 Å². The lowest BCUT2D eigenvalue weighted by Gasteiger charge is -2.12. The third-order valence-electron chi connectivity index (χ3n) is 2.02. The highest BCUT2D eigenvalue weighted by molar-refractivity contribution is 5.77. The van der Waals surface area contributed by atoms with Crippen LogP contribution in [-0.2, 0) is 9.53 Å². The molecule has 0 aliphatic carbocycles. The van der Waals surface area contributed by atoms with Gasteiger partial charge in [0.15, 0.2) is 0 Å². The van der Waals surface area contributed by atoms with Crippen molar-refractivity contribution in [3.05, 3.63) is 42.7 Å². The van der Waals surface area contributed by atoms with Gasteiger partial charge < -0.3 is 4.74 Å². The normalized spacial score (nSPS) is 11.8. The summed E-state index contributed by atoms with van der Waals surface area (Å²) in [5.74, 6) is -0.570. The third-order valence-corrected chi connectivity index (χ3v) is 2.02. The maximum atomic E-state index is 11.6. The van der Waals surface area contributed by atoms with Crippen LogP contribution in [0.25, 0.3) is 0 Å². The van der Waals surface area contributed by atoms with Crippen LogP contribution in [0.1, 0.15) is 25.0 Å². The predicted octanol–water partition coefficient (Wildman–Crippen LogP) is 2.30. The summed E-state index contributed by atoms with van der Waals surface area (Å²) in [6.45, 7) is 5.81. The molecule has 1 unspecified atom stereocenters. The number of carbonyl (C=O) groups is 1. The molecule has 1 aromatic rings. The number of allylic oxidation sites excluding steroid dienone is 1. The largest absolute Gasteiger partial charge is 0.465 e. The fraction of sp³-hybridized carbons (Fsp3) is 0.333. The van der Waals surface area contributed by atoms with Crippen LogP contribution in [0, 0.1) is 0 Å². The van der Waals surface area contributed by atoms with Crippen LogP contribution in [0.2, 0.25) is 0 Å². The SMILES string of the molecule is C=CCC(C(=O)OCC)c1ccccn1. The van der Waals surface area contributed by atoms with E-state index in [9.17, 15) is 4.79 Å². The molecule has 0 bridgehead atoms. The lowest BCUT2D eigenvalue weighted by atomic mass is 10.0. The van der Waals surface area contributed by atoms with E-state index >= 15 is 0 Å². The molecule has 0 aliphatic heterocycles. The molecule has 0 N–H and O–H groups in total. The Morgan fingerprint density at radius 3 is 3.00 bits per heavy atom. The summed E-state index contributed by atoms with van der Waals surface area (Å²) in [5, 5.41) is 0. The molecule has 1 rings (SSSR count). The van der Waals surface area contributed by atoms with Crippen LogP contribution >= 0.6 is 0 Å². The van der Waals surface area contributed by atoms with Gasteiger partial charge in [0.1, 0.15) is 5.92 Å². The first-order valence-electron chi connectivity index (χ1n) is 4.98. The second-order valence-corrected chi connectivity index (χ2v) is 3.08.